The Hall–Kier alpha value is -5.61. The normalized spacial score (nSPS) is 13.8. The summed E-state index contributed by atoms with van der Waals surface area (Å²) >= 11 is 0. The molecule has 4 nitrogen and oxygen atoms in total. The molecule has 2 aromatic heterocycles. The van der Waals surface area contributed by atoms with Gasteiger partial charge < -0.3 is 9.47 Å². The number of anilines is 1. The van der Waals surface area contributed by atoms with Gasteiger partial charge in [0.15, 0.2) is 0 Å². The molecule has 0 spiro atoms. The number of benzene rings is 6. The first-order chi connectivity index (χ1) is 21.3. The van der Waals surface area contributed by atoms with Gasteiger partial charge in [-0.15, -0.1) is 0 Å². The van der Waals surface area contributed by atoms with Gasteiger partial charge in [-0.2, -0.15) is 0 Å². The van der Waals surface area contributed by atoms with Crippen LogP contribution in [0.5, 0.6) is 0 Å². The maximum atomic E-state index is 5.22. The van der Waals surface area contributed by atoms with Crippen molar-refractivity contribution < 1.29 is 0 Å². The van der Waals surface area contributed by atoms with Crippen molar-refractivity contribution in [1.29, 1.82) is 0 Å². The zero-order valence-electron chi connectivity index (χ0n) is 23.7. The van der Waals surface area contributed by atoms with Crippen molar-refractivity contribution in [2.24, 2.45) is 0 Å². The first-order valence-electron chi connectivity index (χ1n) is 14.7. The minimum atomic E-state index is -0.621. The molecule has 1 aliphatic heterocycles. The zero-order chi connectivity index (χ0) is 28.5. The molecule has 204 valence electrons. The van der Waals surface area contributed by atoms with Crippen molar-refractivity contribution in [3.8, 4) is 11.4 Å². The maximum absolute atomic E-state index is 5.22. The van der Waals surface area contributed by atoms with Crippen molar-refractivity contribution in [3.05, 3.63) is 168 Å². The minimum absolute atomic E-state index is 0.621. The van der Waals surface area contributed by atoms with E-state index in [-0.39, 0.29) is 0 Å². The number of aromatic nitrogens is 3. The average molecular weight is 553 g/mol. The molecule has 1 aliphatic rings. The molecule has 6 aromatic carbocycles. The van der Waals surface area contributed by atoms with E-state index < -0.39 is 5.54 Å². The highest BCUT2D eigenvalue weighted by Crippen LogP contribution is 2.51. The summed E-state index contributed by atoms with van der Waals surface area (Å²) in [6, 6.07) is 54.6. The minimum Gasteiger partial charge on any atom is -0.327 e. The number of para-hydroxylation sites is 4. The predicted molar refractivity (Wildman–Crippen MR) is 177 cm³/mol. The first kappa shape index (κ1) is 24.0. The van der Waals surface area contributed by atoms with Crippen molar-refractivity contribution in [1.82, 2.24) is 14.1 Å². The van der Waals surface area contributed by atoms with Gasteiger partial charge in [0.25, 0.3) is 0 Å². The lowest BCUT2D eigenvalue weighted by molar-refractivity contribution is 0.564. The summed E-state index contributed by atoms with van der Waals surface area (Å²) in [6.07, 6.45) is 0. The lowest BCUT2D eigenvalue weighted by Crippen LogP contribution is -2.50. The predicted octanol–water partition coefficient (Wildman–Crippen LogP) is 8.86. The van der Waals surface area contributed by atoms with E-state index in [0.29, 0.717) is 0 Å². The van der Waals surface area contributed by atoms with E-state index in [4.69, 9.17) is 4.98 Å². The molecule has 0 saturated carbocycles. The van der Waals surface area contributed by atoms with Crippen LogP contribution >= 0.6 is 0 Å². The summed E-state index contributed by atoms with van der Waals surface area (Å²) in [4.78, 5) is 7.59. The summed E-state index contributed by atoms with van der Waals surface area (Å²) in [6.45, 7) is 0. The molecule has 0 bridgehead atoms. The third-order valence-corrected chi connectivity index (χ3v) is 9.18. The third-order valence-electron chi connectivity index (χ3n) is 9.18. The molecule has 43 heavy (non-hydrogen) atoms. The SMILES string of the molecule is CN1c2nc3ccccc3n2-c2ccc(-n3c4ccccc4c4ccccc43)cc2C1(c1ccccc1)c1ccccc1. The van der Waals surface area contributed by atoms with E-state index in [1.165, 1.54) is 38.5 Å². The van der Waals surface area contributed by atoms with E-state index in [1.807, 2.05) is 0 Å². The monoisotopic (exact) mass is 552 g/mol. The maximum Gasteiger partial charge on any atom is 0.212 e. The summed E-state index contributed by atoms with van der Waals surface area (Å²) in [5, 5.41) is 2.52. The van der Waals surface area contributed by atoms with Crippen LogP contribution in [-0.4, -0.2) is 21.2 Å². The van der Waals surface area contributed by atoms with Crippen LogP contribution in [0.1, 0.15) is 16.7 Å². The highest BCUT2D eigenvalue weighted by Gasteiger charge is 2.47. The molecular formula is C39H28N4. The fourth-order valence-electron chi connectivity index (χ4n) is 7.38. The van der Waals surface area contributed by atoms with Gasteiger partial charge in [-0.1, -0.05) is 109 Å². The number of fused-ring (bicyclic) bond motifs is 8. The van der Waals surface area contributed by atoms with Crippen molar-refractivity contribution in [2.75, 3.05) is 11.9 Å². The Kier molecular flexibility index (Phi) is 5.00. The highest BCUT2D eigenvalue weighted by atomic mass is 15.4. The number of rotatable bonds is 3. The quantitative estimate of drug-likeness (QED) is 0.219. The molecular weight excluding hydrogens is 524 g/mol. The Morgan fingerprint density at radius 3 is 1.67 bits per heavy atom. The summed E-state index contributed by atoms with van der Waals surface area (Å²) < 4.78 is 4.73. The standard InChI is InChI=1S/C39H28N4/c1-41-38-40-33-20-10-13-23-37(33)43(38)36-25-24-29(42-34-21-11-8-18-30(34)31-19-9-12-22-35(31)42)26-32(36)39(41,27-14-4-2-5-15-27)28-16-6-3-7-17-28/h2-26H,1H3. The largest absolute Gasteiger partial charge is 0.327 e. The Morgan fingerprint density at radius 1 is 0.512 bits per heavy atom. The summed E-state index contributed by atoms with van der Waals surface area (Å²) in [7, 11) is 2.19. The highest BCUT2D eigenvalue weighted by molar-refractivity contribution is 6.09. The second kappa shape index (κ2) is 8.94. The van der Waals surface area contributed by atoms with E-state index in [2.05, 4.69) is 173 Å². The van der Waals surface area contributed by atoms with Crippen molar-refractivity contribution >= 4 is 38.8 Å². The second-order valence-electron chi connectivity index (χ2n) is 11.3. The van der Waals surface area contributed by atoms with Crippen molar-refractivity contribution in [3.63, 3.8) is 0 Å². The molecule has 0 fully saturated rings. The Labute approximate surface area is 249 Å². The van der Waals surface area contributed by atoms with E-state index in [0.717, 1.165) is 28.4 Å². The summed E-state index contributed by atoms with van der Waals surface area (Å²) in [5.41, 5.74) is 9.74. The second-order valence-corrected chi connectivity index (χ2v) is 11.3. The number of imidazole rings is 1. The van der Waals surface area contributed by atoms with Gasteiger partial charge in [0.2, 0.25) is 5.95 Å². The Balaban J connectivity index is 1.45. The molecule has 0 atom stereocenters. The van der Waals surface area contributed by atoms with Gasteiger partial charge in [-0.3, -0.25) is 4.57 Å². The van der Waals surface area contributed by atoms with Gasteiger partial charge in [-0.05, 0) is 53.6 Å². The lowest BCUT2D eigenvalue weighted by atomic mass is 9.74. The fourth-order valence-corrected chi connectivity index (χ4v) is 7.38. The van der Waals surface area contributed by atoms with E-state index in [9.17, 15) is 0 Å². The third kappa shape index (κ3) is 3.18. The van der Waals surface area contributed by atoms with E-state index >= 15 is 0 Å². The average Bonchev–Trinajstić information content (AvgIpc) is 3.63. The molecule has 0 N–H and O–H groups in total. The van der Waals surface area contributed by atoms with Crippen LogP contribution in [-0.2, 0) is 5.54 Å². The molecule has 3 heterocycles. The van der Waals surface area contributed by atoms with Crippen LogP contribution < -0.4 is 4.90 Å². The molecule has 0 unspecified atom stereocenters. The van der Waals surface area contributed by atoms with Gasteiger partial charge in [0.05, 0.1) is 27.8 Å². The van der Waals surface area contributed by atoms with E-state index in [1.54, 1.807) is 0 Å². The fraction of sp³-hybridized carbons (Fsp3) is 0.0513. The lowest BCUT2D eigenvalue weighted by Gasteiger charge is -2.48. The molecule has 8 aromatic rings. The molecule has 0 saturated heterocycles. The summed E-state index contributed by atoms with van der Waals surface area (Å²) in [5.74, 6) is 0.922. The zero-order valence-corrected chi connectivity index (χ0v) is 23.7. The van der Waals surface area contributed by atoms with Crippen LogP contribution in [0, 0.1) is 0 Å². The number of nitrogens with zero attached hydrogens (tertiary/aromatic N) is 4. The first-order valence-corrected chi connectivity index (χ1v) is 14.7. The van der Waals surface area contributed by atoms with Gasteiger partial charge in [0, 0.05) is 29.1 Å². The van der Waals surface area contributed by atoms with Crippen LogP contribution in [0.2, 0.25) is 0 Å². The van der Waals surface area contributed by atoms with Crippen LogP contribution in [0.25, 0.3) is 44.2 Å². The van der Waals surface area contributed by atoms with Crippen LogP contribution in [0.15, 0.2) is 152 Å². The smallest absolute Gasteiger partial charge is 0.212 e. The van der Waals surface area contributed by atoms with Crippen molar-refractivity contribution in [2.45, 2.75) is 5.54 Å². The molecule has 4 heteroatoms. The Bertz CT molecular complexity index is 2220. The molecule has 9 rings (SSSR count). The van der Waals surface area contributed by atoms with Gasteiger partial charge in [0.1, 0.15) is 5.54 Å². The number of hydrogen-bond acceptors (Lipinski definition) is 2. The molecule has 0 amide bonds. The number of hydrogen-bond donors (Lipinski definition) is 0. The van der Waals surface area contributed by atoms with Gasteiger partial charge in [-0.25, -0.2) is 4.98 Å². The molecule has 0 radical (unpaired) electrons. The van der Waals surface area contributed by atoms with Gasteiger partial charge >= 0.3 is 0 Å². The Morgan fingerprint density at radius 2 is 1.05 bits per heavy atom. The molecule has 0 aliphatic carbocycles. The van der Waals surface area contributed by atoms with Crippen LogP contribution in [0.3, 0.4) is 0 Å². The van der Waals surface area contributed by atoms with Crippen LogP contribution in [0.4, 0.5) is 5.95 Å². The topological polar surface area (TPSA) is 26.0 Å².